The van der Waals surface area contributed by atoms with Gasteiger partial charge in [0.1, 0.15) is 11.8 Å². The minimum atomic E-state index is -1.17. The third-order valence-electron chi connectivity index (χ3n) is 1.93. The molecule has 0 saturated carbocycles. The molecule has 2 rings (SSSR count). The molecule has 2 aromatic heterocycles. The summed E-state index contributed by atoms with van der Waals surface area (Å²) in [7, 11) is 0. The Morgan fingerprint density at radius 2 is 2.33 bits per heavy atom. The van der Waals surface area contributed by atoms with Gasteiger partial charge in [-0.2, -0.15) is 4.40 Å². The van der Waals surface area contributed by atoms with Gasteiger partial charge < -0.3 is 15.2 Å². The molecule has 15 heavy (non-hydrogen) atoms. The van der Waals surface area contributed by atoms with E-state index in [0.717, 1.165) is 10.6 Å². The Morgan fingerprint density at radius 1 is 1.60 bits per heavy atom. The lowest BCUT2D eigenvalue weighted by Crippen LogP contribution is -2.01. The number of aromatic nitrogens is 2. The van der Waals surface area contributed by atoms with Gasteiger partial charge in [-0.15, -0.1) is 0 Å². The smallest absolute Gasteiger partial charge is 0.347 e. The van der Waals surface area contributed by atoms with E-state index in [0.29, 0.717) is 0 Å². The number of rotatable bonds is 2. The molecular formula is C8H5N3O4. The van der Waals surface area contributed by atoms with E-state index in [4.69, 9.17) is 5.11 Å². The van der Waals surface area contributed by atoms with Crippen LogP contribution in [0.2, 0.25) is 0 Å². The van der Waals surface area contributed by atoms with Gasteiger partial charge in [-0.1, -0.05) is 0 Å². The van der Waals surface area contributed by atoms with Crippen molar-refractivity contribution in [1.82, 2.24) is 9.38 Å². The lowest BCUT2D eigenvalue weighted by molar-refractivity contribution is -0.390. The molecule has 2 heterocycles. The molecule has 0 amide bonds. The van der Waals surface area contributed by atoms with Crippen molar-refractivity contribution < 1.29 is 14.8 Å². The molecular weight excluding hydrogens is 202 g/mol. The van der Waals surface area contributed by atoms with Gasteiger partial charge in [0.15, 0.2) is 0 Å². The Labute approximate surface area is 82.7 Å². The number of nitrogens with zero attached hydrogens (tertiary/aromatic N) is 3. The maximum absolute atomic E-state index is 10.8. The first-order valence-electron chi connectivity index (χ1n) is 3.95. The van der Waals surface area contributed by atoms with Gasteiger partial charge in [-0.25, -0.2) is 9.78 Å². The number of hydrogen-bond donors (Lipinski definition) is 1. The third-order valence-corrected chi connectivity index (χ3v) is 1.93. The van der Waals surface area contributed by atoms with Crippen LogP contribution in [0.15, 0.2) is 24.5 Å². The lowest BCUT2D eigenvalue weighted by Gasteiger charge is -1.95. The van der Waals surface area contributed by atoms with Crippen LogP contribution in [0.3, 0.4) is 0 Å². The number of nitro groups is 1. The van der Waals surface area contributed by atoms with Gasteiger partial charge in [0.05, 0.1) is 6.20 Å². The standard InChI is InChI=1S/C8H5N3O4/c12-8(13)5-2-1-3-10-6(11(14)15)4-9-7(5)10/h1-4H,(H,12,13). The second kappa shape index (κ2) is 3.05. The Kier molecular flexibility index (Phi) is 1.86. The van der Waals surface area contributed by atoms with E-state index in [-0.39, 0.29) is 17.0 Å². The normalized spacial score (nSPS) is 10.4. The molecule has 0 radical (unpaired) electrons. The van der Waals surface area contributed by atoms with E-state index in [1.54, 1.807) is 0 Å². The second-order valence-electron chi connectivity index (χ2n) is 2.79. The highest BCUT2D eigenvalue weighted by molar-refractivity contribution is 5.94. The maximum Gasteiger partial charge on any atom is 0.347 e. The summed E-state index contributed by atoms with van der Waals surface area (Å²) >= 11 is 0. The Bertz CT molecular complexity index is 560. The summed E-state index contributed by atoms with van der Waals surface area (Å²) in [6.07, 6.45) is 2.43. The largest absolute Gasteiger partial charge is 0.477 e. The van der Waals surface area contributed by atoms with Crippen LogP contribution in [-0.2, 0) is 0 Å². The number of imidazole rings is 1. The van der Waals surface area contributed by atoms with Crippen molar-refractivity contribution in [2.24, 2.45) is 0 Å². The SMILES string of the molecule is O=C(O)c1cccn2c([N+](=O)[O-])cnc12. The average molecular weight is 207 g/mol. The number of carboxylic acid groups (broad SMARTS) is 1. The summed E-state index contributed by atoms with van der Waals surface area (Å²) in [6.45, 7) is 0. The van der Waals surface area contributed by atoms with Crippen LogP contribution < -0.4 is 0 Å². The van der Waals surface area contributed by atoms with Gasteiger partial charge in [0.25, 0.3) is 0 Å². The monoisotopic (exact) mass is 207 g/mol. The number of pyridine rings is 1. The number of fused-ring (bicyclic) bond motifs is 1. The Morgan fingerprint density at radius 3 is 2.93 bits per heavy atom. The van der Waals surface area contributed by atoms with Crippen molar-refractivity contribution in [2.45, 2.75) is 0 Å². The van der Waals surface area contributed by atoms with Crippen molar-refractivity contribution in [3.8, 4) is 0 Å². The van der Waals surface area contributed by atoms with Gasteiger partial charge in [0, 0.05) is 0 Å². The zero-order valence-electron chi connectivity index (χ0n) is 7.32. The molecule has 7 heteroatoms. The summed E-state index contributed by atoms with van der Waals surface area (Å²) in [5.41, 5.74) is 0.00213. The van der Waals surface area contributed by atoms with Crippen LogP contribution in [0.4, 0.5) is 5.82 Å². The van der Waals surface area contributed by atoms with Crippen LogP contribution in [0.1, 0.15) is 10.4 Å². The van der Waals surface area contributed by atoms with Crippen molar-refractivity contribution in [2.75, 3.05) is 0 Å². The van der Waals surface area contributed by atoms with Crippen molar-refractivity contribution in [1.29, 1.82) is 0 Å². The molecule has 0 atom stereocenters. The summed E-state index contributed by atoms with van der Waals surface area (Å²) in [6, 6.07) is 2.76. The molecule has 0 aliphatic rings. The number of carboxylic acids is 1. The highest BCUT2D eigenvalue weighted by Crippen LogP contribution is 2.17. The fourth-order valence-corrected chi connectivity index (χ4v) is 1.30. The van der Waals surface area contributed by atoms with E-state index < -0.39 is 10.9 Å². The molecule has 0 aliphatic carbocycles. The zero-order chi connectivity index (χ0) is 11.0. The molecule has 1 N–H and O–H groups in total. The second-order valence-corrected chi connectivity index (χ2v) is 2.79. The molecule has 76 valence electrons. The molecule has 0 unspecified atom stereocenters. The highest BCUT2D eigenvalue weighted by atomic mass is 16.6. The molecule has 0 aliphatic heterocycles. The van der Waals surface area contributed by atoms with Crippen LogP contribution in [0.25, 0.3) is 5.65 Å². The first-order chi connectivity index (χ1) is 7.11. The molecule has 7 nitrogen and oxygen atoms in total. The first-order valence-corrected chi connectivity index (χ1v) is 3.95. The van der Waals surface area contributed by atoms with Crippen LogP contribution in [0, 0.1) is 10.1 Å². The van der Waals surface area contributed by atoms with E-state index in [1.807, 2.05) is 0 Å². The van der Waals surface area contributed by atoms with Crippen molar-refractivity contribution >= 4 is 17.4 Å². The van der Waals surface area contributed by atoms with Crippen molar-refractivity contribution in [3.05, 3.63) is 40.2 Å². The molecule has 0 bridgehead atoms. The lowest BCUT2D eigenvalue weighted by atomic mass is 10.3. The highest BCUT2D eigenvalue weighted by Gasteiger charge is 2.19. The van der Waals surface area contributed by atoms with E-state index in [9.17, 15) is 14.9 Å². The van der Waals surface area contributed by atoms with Crippen LogP contribution >= 0.6 is 0 Å². The summed E-state index contributed by atoms with van der Waals surface area (Å²) < 4.78 is 1.13. The Balaban J connectivity index is 2.80. The average Bonchev–Trinajstić information content (AvgIpc) is 2.59. The van der Waals surface area contributed by atoms with E-state index >= 15 is 0 Å². The zero-order valence-corrected chi connectivity index (χ0v) is 7.32. The molecule has 0 saturated heterocycles. The van der Waals surface area contributed by atoms with Gasteiger partial charge in [-0.05, 0) is 17.1 Å². The first kappa shape index (κ1) is 9.13. The maximum atomic E-state index is 10.8. The fraction of sp³-hybridized carbons (Fsp3) is 0. The molecule has 2 aromatic rings. The van der Waals surface area contributed by atoms with Gasteiger partial charge >= 0.3 is 11.8 Å². The quantitative estimate of drug-likeness (QED) is 0.583. The van der Waals surface area contributed by atoms with Crippen LogP contribution in [0.5, 0.6) is 0 Å². The topological polar surface area (TPSA) is 97.7 Å². The molecule has 0 fully saturated rings. The van der Waals surface area contributed by atoms with E-state index in [1.165, 1.54) is 18.3 Å². The minimum Gasteiger partial charge on any atom is -0.477 e. The predicted octanol–water partition coefficient (Wildman–Crippen LogP) is 0.941. The molecule has 0 aromatic carbocycles. The molecule has 0 spiro atoms. The Hall–Kier alpha value is -2.44. The summed E-state index contributed by atoms with van der Waals surface area (Å²) in [5, 5.41) is 19.4. The van der Waals surface area contributed by atoms with Crippen molar-refractivity contribution in [3.63, 3.8) is 0 Å². The number of hydrogen-bond acceptors (Lipinski definition) is 4. The predicted molar refractivity (Wildman–Crippen MR) is 48.8 cm³/mol. The third kappa shape index (κ3) is 1.30. The summed E-state index contributed by atoms with van der Waals surface area (Å²) in [5.74, 6) is -1.42. The fourth-order valence-electron chi connectivity index (χ4n) is 1.30. The number of aromatic carboxylic acids is 1. The summed E-state index contributed by atoms with van der Waals surface area (Å²) in [4.78, 5) is 24.4. The number of carbonyl (C=O) groups is 1. The van der Waals surface area contributed by atoms with Crippen LogP contribution in [-0.4, -0.2) is 25.4 Å². The minimum absolute atomic E-state index is 0.0643. The van der Waals surface area contributed by atoms with Gasteiger partial charge in [-0.3, -0.25) is 0 Å². The van der Waals surface area contributed by atoms with E-state index in [2.05, 4.69) is 4.98 Å². The van der Waals surface area contributed by atoms with Gasteiger partial charge in [0.2, 0.25) is 5.65 Å².